The zero-order valence-electron chi connectivity index (χ0n) is 11.4. The topological polar surface area (TPSA) is 18.5 Å². The maximum Gasteiger partial charge on any atom is 0.0515 e. The molecule has 0 amide bonds. The molecule has 0 bridgehead atoms. The Morgan fingerprint density at radius 3 is 2.78 bits per heavy atom. The molecule has 3 rings (SSSR count). The molecule has 0 radical (unpaired) electrons. The van der Waals surface area contributed by atoms with Crippen molar-refractivity contribution in [3.05, 3.63) is 35.4 Å². The van der Waals surface area contributed by atoms with Crippen LogP contribution < -0.4 is 5.32 Å². The number of likely N-dealkylation sites (N-methyl/N-ethyl adjacent to an activating group) is 2. The molecule has 1 aromatic rings. The van der Waals surface area contributed by atoms with Crippen LogP contribution in [0.25, 0.3) is 0 Å². The Morgan fingerprint density at radius 1 is 1.11 bits per heavy atom. The molecule has 1 saturated heterocycles. The van der Waals surface area contributed by atoms with Crippen molar-refractivity contribution < 1.29 is 0 Å². The summed E-state index contributed by atoms with van der Waals surface area (Å²) in [6.07, 6.45) is 1.19. The van der Waals surface area contributed by atoms with Crippen LogP contribution in [0.2, 0.25) is 0 Å². The lowest BCUT2D eigenvalue weighted by Crippen LogP contribution is -2.56. The molecule has 1 N–H and O–H groups in total. The Morgan fingerprint density at radius 2 is 1.94 bits per heavy atom. The molecule has 0 saturated carbocycles. The van der Waals surface area contributed by atoms with Gasteiger partial charge in [0.05, 0.1) is 6.04 Å². The molecule has 3 nitrogen and oxygen atoms in total. The second-order valence-corrected chi connectivity index (χ2v) is 5.63. The van der Waals surface area contributed by atoms with E-state index in [0.29, 0.717) is 12.1 Å². The Kier molecular flexibility index (Phi) is 3.37. The van der Waals surface area contributed by atoms with Crippen molar-refractivity contribution in [1.29, 1.82) is 0 Å². The average Bonchev–Trinajstić information content (AvgIpc) is 2.40. The zero-order chi connectivity index (χ0) is 12.5. The van der Waals surface area contributed by atoms with E-state index in [2.05, 4.69) is 53.5 Å². The van der Waals surface area contributed by atoms with Crippen molar-refractivity contribution >= 4 is 0 Å². The Balaban J connectivity index is 1.94. The lowest BCUT2D eigenvalue weighted by Gasteiger charge is -2.45. The van der Waals surface area contributed by atoms with Crippen molar-refractivity contribution in [1.82, 2.24) is 15.1 Å². The molecule has 2 atom stereocenters. The number of rotatable bonds is 1. The van der Waals surface area contributed by atoms with Crippen LogP contribution in [0.4, 0.5) is 0 Å². The second kappa shape index (κ2) is 5.00. The number of hydrogen-bond acceptors (Lipinski definition) is 3. The Bertz CT molecular complexity index is 418. The average molecular weight is 245 g/mol. The van der Waals surface area contributed by atoms with E-state index >= 15 is 0 Å². The first-order chi connectivity index (χ1) is 8.77. The summed E-state index contributed by atoms with van der Waals surface area (Å²) in [5.74, 6) is 0. The summed E-state index contributed by atoms with van der Waals surface area (Å²) >= 11 is 0. The minimum Gasteiger partial charge on any atom is -0.314 e. The second-order valence-electron chi connectivity index (χ2n) is 5.63. The molecular formula is C15H23N3. The van der Waals surface area contributed by atoms with Crippen LogP contribution in [0.1, 0.15) is 17.2 Å². The molecule has 0 aromatic heterocycles. The molecule has 2 aliphatic rings. The maximum absolute atomic E-state index is 3.55. The molecule has 2 heterocycles. The summed E-state index contributed by atoms with van der Waals surface area (Å²) in [4.78, 5) is 5.04. The molecular weight excluding hydrogens is 222 g/mol. The monoisotopic (exact) mass is 245 g/mol. The number of nitrogens with one attached hydrogen (secondary N) is 1. The summed E-state index contributed by atoms with van der Waals surface area (Å²) < 4.78 is 0. The van der Waals surface area contributed by atoms with Crippen LogP contribution in [0.5, 0.6) is 0 Å². The van der Waals surface area contributed by atoms with Gasteiger partial charge < -0.3 is 5.32 Å². The molecule has 0 aliphatic carbocycles. The van der Waals surface area contributed by atoms with Gasteiger partial charge in [0.2, 0.25) is 0 Å². The molecule has 1 fully saturated rings. The molecule has 2 aliphatic heterocycles. The normalized spacial score (nSPS) is 30.1. The van der Waals surface area contributed by atoms with Crippen molar-refractivity contribution in [3.8, 4) is 0 Å². The van der Waals surface area contributed by atoms with E-state index in [-0.39, 0.29) is 0 Å². The summed E-state index contributed by atoms with van der Waals surface area (Å²) in [5.41, 5.74) is 3.08. The lowest BCUT2D eigenvalue weighted by molar-refractivity contribution is 0.0865. The van der Waals surface area contributed by atoms with Gasteiger partial charge in [0.25, 0.3) is 0 Å². The van der Waals surface area contributed by atoms with Gasteiger partial charge in [0.15, 0.2) is 0 Å². The number of benzene rings is 1. The fraction of sp³-hybridized carbons (Fsp3) is 0.600. The van der Waals surface area contributed by atoms with Gasteiger partial charge in [-0.15, -0.1) is 0 Å². The van der Waals surface area contributed by atoms with Crippen LogP contribution >= 0.6 is 0 Å². The minimum absolute atomic E-state index is 0.535. The highest BCUT2D eigenvalue weighted by atomic mass is 15.3. The Labute approximate surface area is 110 Å². The number of nitrogens with zero attached hydrogens (tertiary/aromatic N) is 2. The standard InChI is InChI=1S/C15H23N3/c1-17-10-8-16-11-14(17)15-13-6-4-3-5-12(13)7-9-18(15)2/h3-6,14-16H,7-11H2,1-2H3. The van der Waals surface area contributed by atoms with Crippen LogP contribution in [0.3, 0.4) is 0 Å². The van der Waals surface area contributed by atoms with E-state index in [0.717, 1.165) is 19.6 Å². The molecule has 2 unspecified atom stereocenters. The first-order valence-corrected chi connectivity index (χ1v) is 6.96. The molecule has 0 spiro atoms. The first-order valence-electron chi connectivity index (χ1n) is 6.96. The molecule has 18 heavy (non-hydrogen) atoms. The quantitative estimate of drug-likeness (QED) is 0.800. The lowest BCUT2D eigenvalue weighted by atomic mass is 9.87. The fourth-order valence-electron chi connectivity index (χ4n) is 3.40. The third-order valence-electron chi connectivity index (χ3n) is 4.51. The molecule has 98 valence electrons. The predicted molar refractivity (Wildman–Crippen MR) is 74.8 cm³/mol. The van der Waals surface area contributed by atoms with Crippen molar-refractivity contribution in [3.63, 3.8) is 0 Å². The van der Waals surface area contributed by atoms with E-state index < -0.39 is 0 Å². The van der Waals surface area contributed by atoms with Gasteiger partial charge in [-0.05, 0) is 31.6 Å². The van der Waals surface area contributed by atoms with E-state index in [1.807, 2.05) is 0 Å². The van der Waals surface area contributed by atoms with Gasteiger partial charge in [0.1, 0.15) is 0 Å². The Hall–Kier alpha value is -0.900. The zero-order valence-corrected chi connectivity index (χ0v) is 11.4. The highest BCUT2D eigenvalue weighted by Gasteiger charge is 2.34. The van der Waals surface area contributed by atoms with Crippen molar-refractivity contribution in [2.45, 2.75) is 18.5 Å². The van der Waals surface area contributed by atoms with E-state index in [4.69, 9.17) is 0 Å². The minimum atomic E-state index is 0.535. The highest BCUT2D eigenvalue weighted by molar-refractivity contribution is 5.33. The summed E-state index contributed by atoms with van der Waals surface area (Å²) in [5, 5.41) is 3.55. The number of fused-ring (bicyclic) bond motifs is 1. The SMILES string of the molecule is CN1CCNCC1C1c2ccccc2CCN1C. The maximum atomic E-state index is 3.55. The summed E-state index contributed by atoms with van der Waals surface area (Å²) in [6.45, 7) is 4.54. The van der Waals surface area contributed by atoms with Crippen LogP contribution in [0, 0.1) is 0 Å². The van der Waals surface area contributed by atoms with Gasteiger partial charge in [-0.3, -0.25) is 9.80 Å². The van der Waals surface area contributed by atoms with Crippen molar-refractivity contribution in [2.75, 3.05) is 40.3 Å². The number of hydrogen-bond donors (Lipinski definition) is 1. The highest BCUT2D eigenvalue weighted by Crippen LogP contribution is 2.33. The van der Waals surface area contributed by atoms with Crippen LogP contribution in [-0.4, -0.2) is 56.1 Å². The van der Waals surface area contributed by atoms with E-state index in [9.17, 15) is 0 Å². The van der Waals surface area contributed by atoms with Gasteiger partial charge in [-0.25, -0.2) is 0 Å². The van der Waals surface area contributed by atoms with Gasteiger partial charge in [-0.1, -0.05) is 24.3 Å². The number of piperazine rings is 1. The predicted octanol–water partition coefficient (Wildman–Crippen LogP) is 1.12. The first kappa shape index (κ1) is 12.2. The summed E-state index contributed by atoms with van der Waals surface area (Å²) in [6, 6.07) is 10.1. The van der Waals surface area contributed by atoms with E-state index in [1.54, 1.807) is 5.56 Å². The van der Waals surface area contributed by atoms with Crippen molar-refractivity contribution in [2.24, 2.45) is 0 Å². The van der Waals surface area contributed by atoms with E-state index in [1.165, 1.54) is 18.5 Å². The third kappa shape index (κ3) is 2.07. The largest absolute Gasteiger partial charge is 0.314 e. The van der Waals surface area contributed by atoms with Crippen LogP contribution in [0.15, 0.2) is 24.3 Å². The molecule has 1 aromatic carbocycles. The summed E-state index contributed by atoms with van der Waals surface area (Å²) in [7, 11) is 4.53. The van der Waals surface area contributed by atoms with Gasteiger partial charge >= 0.3 is 0 Å². The smallest absolute Gasteiger partial charge is 0.0515 e. The van der Waals surface area contributed by atoms with Gasteiger partial charge in [-0.2, -0.15) is 0 Å². The van der Waals surface area contributed by atoms with Crippen LogP contribution in [-0.2, 0) is 6.42 Å². The fourth-order valence-corrected chi connectivity index (χ4v) is 3.40. The molecule has 3 heteroatoms. The van der Waals surface area contributed by atoms with Gasteiger partial charge in [0, 0.05) is 32.2 Å². The third-order valence-corrected chi connectivity index (χ3v) is 4.51.